The largest absolute Gasteiger partial charge is 0.444 e. The minimum Gasteiger partial charge on any atom is -0.444 e. The number of nitrogens with one attached hydrogen (secondary N) is 1. The third-order valence-electron chi connectivity index (χ3n) is 4.64. The standard InChI is InChI=1S/C16H20ClNO2/c1-16(2)13(8-14(16)19-3)18-9-11-10-6-4-5-7-12(10)20-15(11)17/h4-7,13-14,18H,8-9H2,1-3H3. The van der Waals surface area contributed by atoms with Crippen LogP contribution in [-0.2, 0) is 11.3 Å². The number of fused-ring (bicyclic) bond motifs is 1. The average molecular weight is 294 g/mol. The molecule has 0 radical (unpaired) electrons. The molecule has 0 saturated heterocycles. The van der Waals surface area contributed by atoms with Gasteiger partial charge in [0.05, 0.1) is 6.10 Å². The summed E-state index contributed by atoms with van der Waals surface area (Å²) in [6.07, 6.45) is 1.37. The lowest BCUT2D eigenvalue weighted by molar-refractivity contribution is -0.0978. The number of methoxy groups -OCH3 is 1. The van der Waals surface area contributed by atoms with Crippen molar-refractivity contribution in [3.63, 3.8) is 0 Å². The van der Waals surface area contributed by atoms with E-state index in [1.807, 2.05) is 24.3 Å². The maximum atomic E-state index is 6.21. The first-order chi connectivity index (χ1) is 9.54. The van der Waals surface area contributed by atoms with E-state index in [0.29, 0.717) is 17.4 Å². The molecule has 1 N–H and O–H groups in total. The van der Waals surface area contributed by atoms with E-state index in [9.17, 15) is 0 Å². The quantitative estimate of drug-likeness (QED) is 0.925. The molecular formula is C16H20ClNO2. The summed E-state index contributed by atoms with van der Waals surface area (Å²) >= 11 is 6.21. The van der Waals surface area contributed by atoms with Crippen LogP contribution in [-0.4, -0.2) is 19.3 Å². The Labute approximate surface area is 124 Å². The predicted molar refractivity (Wildman–Crippen MR) is 81.0 cm³/mol. The van der Waals surface area contributed by atoms with Crippen molar-refractivity contribution in [2.24, 2.45) is 5.41 Å². The van der Waals surface area contributed by atoms with E-state index in [0.717, 1.165) is 29.5 Å². The van der Waals surface area contributed by atoms with Crippen molar-refractivity contribution in [1.82, 2.24) is 5.32 Å². The summed E-state index contributed by atoms with van der Waals surface area (Å²) < 4.78 is 11.1. The Kier molecular flexibility index (Phi) is 3.53. The van der Waals surface area contributed by atoms with E-state index in [1.165, 1.54) is 0 Å². The number of benzene rings is 1. The van der Waals surface area contributed by atoms with Gasteiger partial charge in [-0.25, -0.2) is 0 Å². The lowest BCUT2D eigenvalue weighted by Gasteiger charge is -2.51. The SMILES string of the molecule is COC1CC(NCc2c(Cl)oc3ccccc23)C1(C)C. The zero-order chi connectivity index (χ0) is 14.3. The van der Waals surface area contributed by atoms with Crippen molar-refractivity contribution in [2.45, 2.75) is 39.0 Å². The van der Waals surface area contributed by atoms with E-state index in [4.69, 9.17) is 20.8 Å². The molecule has 1 fully saturated rings. The summed E-state index contributed by atoms with van der Waals surface area (Å²) in [6, 6.07) is 8.39. The Morgan fingerprint density at radius 3 is 2.85 bits per heavy atom. The number of hydrogen-bond donors (Lipinski definition) is 1. The lowest BCUT2D eigenvalue weighted by atomic mass is 9.64. The average Bonchev–Trinajstić information content (AvgIpc) is 2.74. The van der Waals surface area contributed by atoms with Gasteiger partial charge in [0.2, 0.25) is 0 Å². The van der Waals surface area contributed by atoms with Gasteiger partial charge in [0.1, 0.15) is 5.58 Å². The van der Waals surface area contributed by atoms with Crippen molar-refractivity contribution in [3.05, 3.63) is 35.0 Å². The molecule has 0 amide bonds. The highest BCUT2D eigenvalue weighted by Crippen LogP contribution is 2.42. The van der Waals surface area contributed by atoms with Crippen LogP contribution in [0.15, 0.2) is 28.7 Å². The second-order valence-electron chi connectivity index (χ2n) is 6.07. The molecule has 20 heavy (non-hydrogen) atoms. The molecule has 0 spiro atoms. The maximum absolute atomic E-state index is 6.21. The molecule has 108 valence electrons. The highest BCUT2D eigenvalue weighted by molar-refractivity contribution is 6.30. The maximum Gasteiger partial charge on any atom is 0.199 e. The van der Waals surface area contributed by atoms with Gasteiger partial charge in [-0.05, 0) is 24.1 Å². The summed E-state index contributed by atoms with van der Waals surface area (Å²) in [6.45, 7) is 5.19. The third kappa shape index (κ3) is 2.14. The van der Waals surface area contributed by atoms with Crippen molar-refractivity contribution in [1.29, 1.82) is 0 Å². The van der Waals surface area contributed by atoms with Crippen LogP contribution in [0.2, 0.25) is 5.22 Å². The summed E-state index contributed by atoms with van der Waals surface area (Å²) in [5, 5.41) is 5.16. The van der Waals surface area contributed by atoms with Gasteiger partial charge in [-0.15, -0.1) is 0 Å². The molecule has 4 heteroatoms. The fourth-order valence-corrected chi connectivity index (χ4v) is 3.34. The van der Waals surface area contributed by atoms with Crippen LogP contribution in [0.1, 0.15) is 25.8 Å². The first-order valence-corrected chi connectivity index (χ1v) is 7.34. The monoisotopic (exact) mass is 293 g/mol. The van der Waals surface area contributed by atoms with Crippen LogP contribution >= 0.6 is 11.6 Å². The van der Waals surface area contributed by atoms with E-state index >= 15 is 0 Å². The molecule has 1 heterocycles. The third-order valence-corrected chi connectivity index (χ3v) is 4.94. The highest BCUT2D eigenvalue weighted by atomic mass is 35.5. The number of halogens is 1. The van der Waals surface area contributed by atoms with E-state index < -0.39 is 0 Å². The van der Waals surface area contributed by atoms with Gasteiger partial charge < -0.3 is 14.5 Å². The lowest BCUT2D eigenvalue weighted by Crippen LogP contribution is -2.60. The van der Waals surface area contributed by atoms with Crippen LogP contribution in [0.25, 0.3) is 11.0 Å². The molecule has 1 aliphatic carbocycles. The van der Waals surface area contributed by atoms with Gasteiger partial charge in [-0.2, -0.15) is 0 Å². The van der Waals surface area contributed by atoms with Crippen molar-refractivity contribution in [3.8, 4) is 0 Å². The van der Waals surface area contributed by atoms with Gasteiger partial charge in [-0.3, -0.25) is 0 Å². The molecule has 3 nitrogen and oxygen atoms in total. The Balaban J connectivity index is 1.74. The molecule has 2 atom stereocenters. The Morgan fingerprint density at radius 1 is 1.40 bits per heavy atom. The van der Waals surface area contributed by atoms with Crippen molar-refractivity contribution in [2.75, 3.05) is 7.11 Å². The first kappa shape index (κ1) is 13.9. The van der Waals surface area contributed by atoms with Crippen molar-refractivity contribution < 1.29 is 9.15 Å². The predicted octanol–water partition coefficient (Wildman–Crippen LogP) is 3.99. The number of furan rings is 1. The molecule has 1 aromatic heterocycles. The molecular weight excluding hydrogens is 274 g/mol. The van der Waals surface area contributed by atoms with Crippen LogP contribution in [0.5, 0.6) is 0 Å². The molecule has 2 aromatic rings. The Bertz CT molecular complexity index is 620. The number of ether oxygens (including phenoxy) is 1. The molecule has 1 aliphatic rings. The summed E-state index contributed by atoms with van der Waals surface area (Å²) in [4.78, 5) is 0. The molecule has 1 aromatic carbocycles. The second kappa shape index (κ2) is 5.06. The topological polar surface area (TPSA) is 34.4 Å². The van der Waals surface area contributed by atoms with Gasteiger partial charge >= 0.3 is 0 Å². The van der Waals surface area contributed by atoms with Gasteiger partial charge in [0.15, 0.2) is 5.22 Å². The summed E-state index contributed by atoms with van der Waals surface area (Å²) in [5.74, 6) is 0. The Morgan fingerprint density at radius 2 is 2.15 bits per heavy atom. The van der Waals surface area contributed by atoms with Crippen LogP contribution in [0.3, 0.4) is 0 Å². The van der Waals surface area contributed by atoms with Crippen molar-refractivity contribution >= 4 is 22.6 Å². The van der Waals surface area contributed by atoms with E-state index in [2.05, 4.69) is 19.2 Å². The van der Waals surface area contributed by atoms with Crippen LogP contribution < -0.4 is 5.32 Å². The summed E-state index contributed by atoms with van der Waals surface area (Å²) in [5.41, 5.74) is 2.04. The molecule has 3 rings (SSSR count). The number of rotatable bonds is 4. The molecule has 2 unspecified atom stereocenters. The fraction of sp³-hybridized carbons (Fsp3) is 0.500. The number of hydrogen-bond acceptors (Lipinski definition) is 3. The van der Waals surface area contributed by atoms with Gasteiger partial charge in [0, 0.05) is 36.1 Å². The smallest absolute Gasteiger partial charge is 0.199 e. The molecule has 0 bridgehead atoms. The zero-order valence-electron chi connectivity index (χ0n) is 12.1. The van der Waals surface area contributed by atoms with Gasteiger partial charge in [-0.1, -0.05) is 32.0 Å². The highest BCUT2D eigenvalue weighted by Gasteiger charge is 2.48. The van der Waals surface area contributed by atoms with E-state index in [1.54, 1.807) is 7.11 Å². The molecule has 0 aliphatic heterocycles. The fourth-order valence-electron chi connectivity index (χ4n) is 3.09. The Hall–Kier alpha value is -1.03. The molecule has 1 saturated carbocycles. The normalized spacial score (nSPS) is 24.8. The zero-order valence-corrected chi connectivity index (χ0v) is 12.8. The van der Waals surface area contributed by atoms with E-state index in [-0.39, 0.29) is 5.41 Å². The minimum absolute atomic E-state index is 0.154. The number of para-hydroxylation sites is 1. The second-order valence-corrected chi connectivity index (χ2v) is 6.41. The van der Waals surface area contributed by atoms with Gasteiger partial charge in [0.25, 0.3) is 0 Å². The summed E-state index contributed by atoms with van der Waals surface area (Å²) in [7, 11) is 1.78. The minimum atomic E-state index is 0.154. The van der Waals surface area contributed by atoms with Crippen LogP contribution in [0.4, 0.5) is 0 Å². The van der Waals surface area contributed by atoms with Crippen LogP contribution in [0, 0.1) is 5.41 Å². The first-order valence-electron chi connectivity index (χ1n) is 6.96.